The Balaban J connectivity index is 2.98. The summed E-state index contributed by atoms with van der Waals surface area (Å²) in [4.78, 5) is 11.5. The van der Waals surface area contributed by atoms with Crippen molar-refractivity contribution in [1.82, 2.24) is 0 Å². The summed E-state index contributed by atoms with van der Waals surface area (Å²) in [7, 11) is 0. The lowest BCUT2D eigenvalue weighted by Crippen LogP contribution is -2.07. The molecule has 1 aromatic carbocycles. The van der Waals surface area contributed by atoms with E-state index in [1.54, 1.807) is 0 Å². The summed E-state index contributed by atoms with van der Waals surface area (Å²) in [6.07, 6.45) is 0.749. The molecule has 3 nitrogen and oxygen atoms in total. The van der Waals surface area contributed by atoms with Crippen molar-refractivity contribution in [3.05, 3.63) is 27.7 Å². The summed E-state index contributed by atoms with van der Waals surface area (Å²) in [5.74, 6) is -0.504. The van der Waals surface area contributed by atoms with E-state index in [4.69, 9.17) is 33.7 Å². The number of anilines is 1. The standard InChI is InChI=1S/C10H11Cl2NO2/c1-2-3-15-10(14)7-4-6(13)5-8(11)9(7)12/h4-5H,2-3,13H2,1H3. The van der Waals surface area contributed by atoms with Crippen LogP contribution in [0.2, 0.25) is 10.0 Å². The zero-order chi connectivity index (χ0) is 11.4. The molecular weight excluding hydrogens is 237 g/mol. The molecule has 0 saturated carbocycles. The van der Waals surface area contributed by atoms with E-state index < -0.39 is 5.97 Å². The van der Waals surface area contributed by atoms with Crippen LogP contribution in [0.3, 0.4) is 0 Å². The van der Waals surface area contributed by atoms with Crippen LogP contribution in [0.25, 0.3) is 0 Å². The summed E-state index contributed by atoms with van der Waals surface area (Å²) in [6, 6.07) is 2.94. The first kappa shape index (κ1) is 12.1. The minimum atomic E-state index is -0.504. The zero-order valence-corrected chi connectivity index (χ0v) is 9.73. The average Bonchev–Trinajstić information content (AvgIpc) is 2.19. The molecule has 0 radical (unpaired) electrons. The van der Waals surface area contributed by atoms with E-state index in [2.05, 4.69) is 0 Å². The van der Waals surface area contributed by atoms with Gasteiger partial charge < -0.3 is 10.5 Å². The summed E-state index contributed by atoms with van der Waals surface area (Å²) >= 11 is 11.6. The Hall–Kier alpha value is -0.930. The van der Waals surface area contributed by atoms with Gasteiger partial charge in [-0.15, -0.1) is 0 Å². The SMILES string of the molecule is CCCOC(=O)c1cc(N)cc(Cl)c1Cl. The monoisotopic (exact) mass is 247 g/mol. The Morgan fingerprint density at radius 1 is 1.47 bits per heavy atom. The second-order valence-corrected chi connectivity index (χ2v) is 3.79. The van der Waals surface area contributed by atoms with Crippen molar-refractivity contribution in [2.24, 2.45) is 0 Å². The van der Waals surface area contributed by atoms with Gasteiger partial charge in [0.05, 0.1) is 22.2 Å². The van der Waals surface area contributed by atoms with Gasteiger partial charge in [-0.1, -0.05) is 30.1 Å². The fraction of sp³-hybridized carbons (Fsp3) is 0.300. The number of carbonyl (C=O) groups is 1. The Labute approximate surface area is 98.1 Å². The molecule has 0 fully saturated rings. The first-order chi connectivity index (χ1) is 7.06. The van der Waals surface area contributed by atoms with Gasteiger partial charge in [0.15, 0.2) is 0 Å². The van der Waals surface area contributed by atoms with Gasteiger partial charge in [0.2, 0.25) is 0 Å². The topological polar surface area (TPSA) is 52.3 Å². The molecule has 0 aliphatic heterocycles. The lowest BCUT2D eigenvalue weighted by molar-refractivity contribution is 0.0505. The van der Waals surface area contributed by atoms with Crippen LogP contribution in [-0.4, -0.2) is 12.6 Å². The van der Waals surface area contributed by atoms with E-state index in [9.17, 15) is 4.79 Å². The number of carbonyl (C=O) groups excluding carboxylic acids is 1. The number of hydrogen-bond donors (Lipinski definition) is 1. The minimum Gasteiger partial charge on any atom is -0.462 e. The van der Waals surface area contributed by atoms with E-state index in [-0.39, 0.29) is 15.6 Å². The molecule has 0 aliphatic rings. The first-order valence-electron chi connectivity index (χ1n) is 4.48. The fourth-order valence-corrected chi connectivity index (χ4v) is 1.45. The van der Waals surface area contributed by atoms with Crippen LogP contribution in [0.1, 0.15) is 23.7 Å². The summed E-state index contributed by atoms with van der Waals surface area (Å²) in [5.41, 5.74) is 6.13. The molecule has 0 saturated heterocycles. The lowest BCUT2D eigenvalue weighted by Gasteiger charge is -2.07. The molecular formula is C10H11Cl2NO2. The molecule has 0 heterocycles. The molecule has 1 aromatic rings. The van der Waals surface area contributed by atoms with Gasteiger partial charge in [0.25, 0.3) is 0 Å². The van der Waals surface area contributed by atoms with Crippen LogP contribution in [0, 0.1) is 0 Å². The van der Waals surface area contributed by atoms with Crippen LogP contribution in [-0.2, 0) is 4.74 Å². The van der Waals surface area contributed by atoms with Gasteiger partial charge in [-0.05, 0) is 18.6 Å². The Bertz CT molecular complexity index is 380. The molecule has 5 heteroatoms. The smallest absolute Gasteiger partial charge is 0.339 e. The van der Waals surface area contributed by atoms with Crippen molar-refractivity contribution in [2.45, 2.75) is 13.3 Å². The number of rotatable bonds is 3. The predicted octanol–water partition coefficient (Wildman–Crippen LogP) is 3.14. The average molecular weight is 248 g/mol. The van der Waals surface area contributed by atoms with Gasteiger partial charge in [0.1, 0.15) is 0 Å². The highest BCUT2D eigenvalue weighted by Gasteiger charge is 2.15. The van der Waals surface area contributed by atoms with Crippen LogP contribution < -0.4 is 5.73 Å². The Kier molecular flexibility index (Phi) is 4.24. The Morgan fingerprint density at radius 3 is 2.73 bits per heavy atom. The highest BCUT2D eigenvalue weighted by atomic mass is 35.5. The lowest BCUT2D eigenvalue weighted by atomic mass is 10.2. The van der Waals surface area contributed by atoms with Crippen LogP contribution in [0.4, 0.5) is 5.69 Å². The number of nitrogens with two attached hydrogens (primary N) is 1. The van der Waals surface area contributed by atoms with E-state index in [1.165, 1.54) is 12.1 Å². The predicted molar refractivity (Wildman–Crippen MR) is 61.4 cm³/mol. The highest BCUT2D eigenvalue weighted by Crippen LogP contribution is 2.29. The molecule has 0 spiro atoms. The second kappa shape index (κ2) is 5.24. The van der Waals surface area contributed by atoms with Crippen molar-refractivity contribution >= 4 is 34.9 Å². The number of ether oxygens (including phenoxy) is 1. The van der Waals surface area contributed by atoms with Gasteiger partial charge in [-0.3, -0.25) is 0 Å². The molecule has 0 aliphatic carbocycles. The van der Waals surface area contributed by atoms with Crippen molar-refractivity contribution in [3.8, 4) is 0 Å². The second-order valence-electron chi connectivity index (χ2n) is 3.00. The molecule has 0 aromatic heterocycles. The van der Waals surface area contributed by atoms with Crippen molar-refractivity contribution in [3.63, 3.8) is 0 Å². The third-order valence-electron chi connectivity index (χ3n) is 1.71. The van der Waals surface area contributed by atoms with Crippen molar-refractivity contribution in [2.75, 3.05) is 12.3 Å². The van der Waals surface area contributed by atoms with Crippen LogP contribution in [0.5, 0.6) is 0 Å². The molecule has 82 valence electrons. The zero-order valence-electron chi connectivity index (χ0n) is 8.22. The number of hydrogen-bond acceptors (Lipinski definition) is 3. The largest absolute Gasteiger partial charge is 0.462 e. The summed E-state index contributed by atoms with van der Waals surface area (Å²) < 4.78 is 4.93. The van der Waals surface area contributed by atoms with E-state index in [0.29, 0.717) is 12.3 Å². The highest BCUT2D eigenvalue weighted by molar-refractivity contribution is 6.44. The van der Waals surface area contributed by atoms with E-state index in [1.807, 2.05) is 6.92 Å². The normalized spacial score (nSPS) is 10.1. The quantitative estimate of drug-likeness (QED) is 0.660. The molecule has 0 unspecified atom stereocenters. The molecule has 2 N–H and O–H groups in total. The van der Waals surface area contributed by atoms with Gasteiger partial charge in [-0.25, -0.2) is 4.79 Å². The third-order valence-corrected chi connectivity index (χ3v) is 2.51. The molecule has 0 atom stereocenters. The first-order valence-corrected chi connectivity index (χ1v) is 5.23. The van der Waals surface area contributed by atoms with Crippen LogP contribution >= 0.6 is 23.2 Å². The van der Waals surface area contributed by atoms with Crippen molar-refractivity contribution < 1.29 is 9.53 Å². The van der Waals surface area contributed by atoms with Crippen LogP contribution in [0.15, 0.2) is 12.1 Å². The molecule has 15 heavy (non-hydrogen) atoms. The number of benzene rings is 1. The number of nitrogen functional groups attached to an aromatic ring is 1. The summed E-state index contributed by atoms with van der Waals surface area (Å²) in [5, 5.41) is 0.423. The maximum atomic E-state index is 11.5. The molecule has 0 bridgehead atoms. The van der Waals surface area contributed by atoms with Gasteiger partial charge >= 0.3 is 5.97 Å². The maximum absolute atomic E-state index is 11.5. The maximum Gasteiger partial charge on any atom is 0.339 e. The van der Waals surface area contributed by atoms with E-state index >= 15 is 0 Å². The molecule has 1 rings (SSSR count). The Morgan fingerprint density at radius 2 is 2.13 bits per heavy atom. The number of halogens is 2. The van der Waals surface area contributed by atoms with E-state index in [0.717, 1.165) is 6.42 Å². The van der Waals surface area contributed by atoms with Gasteiger partial charge in [-0.2, -0.15) is 0 Å². The minimum absolute atomic E-state index is 0.173. The van der Waals surface area contributed by atoms with Gasteiger partial charge in [0, 0.05) is 5.69 Å². The summed E-state index contributed by atoms with van der Waals surface area (Å²) in [6.45, 7) is 2.25. The third kappa shape index (κ3) is 3.01. The number of esters is 1. The molecule has 0 amide bonds. The fourth-order valence-electron chi connectivity index (χ4n) is 1.03. The van der Waals surface area contributed by atoms with Crippen molar-refractivity contribution in [1.29, 1.82) is 0 Å².